The maximum absolute atomic E-state index is 13.1. The van der Waals surface area contributed by atoms with Gasteiger partial charge in [0.1, 0.15) is 0 Å². The number of aryl methyl sites for hydroxylation is 2. The van der Waals surface area contributed by atoms with E-state index in [1.165, 1.54) is 6.07 Å². The van der Waals surface area contributed by atoms with E-state index in [1.807, 2.05) is 13.8 Å². The number of hydrogen-bond donors (Lipinski definition) is 1. The van der Waals surface area contributed by atoms with Gasteiger partial charge in [0.2, 0.25) is 0 Å². The highest BCUT2D eigenvalue weighted by atomic mass is 16.6. The lowest BCUT2D eigenvalue weighted by atomic mass is 10.00. The highest BCUT2D eigenvalue weighted by Gasteiger charge is 2.33. The predicted octanol–water partition coefficient (Wildman–Crippen LogP) is 2.46. The standard InChI is InChI=1S/C17H20N4O4/c1-10-13(5-4-6-14(10)21(23)24)17(22)20-7-8-25-9-15(20)16-11(2)18-19-12(16)3/h4-6,15H,7-9H2,1-3H3,(H,18,19)/t15-/m1/s1. The molecule has 8 heteroatoms. The number of carbonyl (C=O) groups is 1. The zero-order valence-corrected chi connectivity index (χ0v) is 14.4. The minimum absolute atomic E-state index is 0.0497. The summed E-state index contributed by atoms with van der Waals surface area (Å²) in [5.41, 5.74) is 3.33. The van der Waals surface area contributed by atoms with Crippen LogP contribution in [-0.2, 0) is 4.74 Å². The van der Waals surface area contributed by atoms with Crippen LogP contribution in [0, 0.1) is 30.9 Å². The lowest BCUT2D eigenvalue weighted by molar-refractivity contribution is -0.385. The van der Waals surface area contributed by atoms with Crippen molar-refractivity contribution >= 4 is 11.6 Å². The molecule has 1 aliphatic rings. The minimum Gasteiger partial charge on any atom is -0.377 e. The number of rotatable bonds is 3. The largest absolute Gasteiger partial charge is 0.377 e. The number of nitrogens with one attached hydrogen (secondary N) is 1. The van der Waals surface area contributed by atoms with Crippen LogP contribution in [0.2, 0.25) is 0 Å². The Hall–Kier alpha value is -2.74. The average molecular weight is 344 g/mol. The molecule has 0 saturated carbocycles. The number of aromatic nitrogens is 2. The fourth-order valence-electron chi connectivity index (χ4n) is 3.34. The Labute approximate surface area is 144 Å². The summed E-state index contributed by atoms with van der Waals surface area (Å²) in [5, 5.41) is 18.3. The number of nitro benzene ring substituents is 1. The Morgan fingerprint density at radius 2 is 2.16 bits per heavy atom. The van der Waals surface area contributed by atoms with E-state index in [0.29, 0.717) is 30.9 Å². The first-order valence-corrected chi connectivity index (χ1v) is 8.06. The Bertz CT molecular complexity index is 811. The van der Waals surface area contributed by atoms with Crippen LogP contribution in [0.15, 0.2) is 18.2 Å². The quantitative estimate of drug-likeness (QED) is 0.681. The molecule has 0 bridgehead atoms. The van der Waals surface area contributed by atoms with E-state index in [2.05, 4.69) is 10.2 Å². The summed E-state index contributed by atoms with van der Waals surface area (Å²) in [7, 11) is 0. The van der Waals surface area contributed by atoms with E-state index in [4.69, 9.17) is 4.74 Å². The second-order valence-corrected chi connectivity index (χ2v) is 6.14. The summed E-state index contributed by atoms with van der Waals surface area (Å²) in [5.74, 6) is -0.227. The zero-order chi connectivity index (χ0) is 18.1. The van der Waals surface area contributed by atoms with E-state index in [-0.39, 0.29) is 17.6 Å². The molecule has 3 rings (SSSR count). The molecule has 0 spiro atoms. The van der Waals surface area contributed by atoms with Crippen LogP contribution >= 0.6 is 0 Å². The second-order valence-electron chi connectivity index (χ2n) is 6.14. The number of benzene rings is 1. The van der Waals surface area contributed by atoms with Crippen LogP contribution in [0.5, 0.6) is 0 Å². The van der Waals surface area contributed by atoms with Crippen LogP contribution in [0.25, 0.3) is 0 Å². The van der Waals surface area contributed by atoms with Crippen molar-refractivity contribution in [2.45, 2.75) is 26.8 Å². The predicted molar refractivity (Wildman–Crippen MR) is 90.5 cm³/mol. The molecule has 2 aromatic rings. The molecule has 0 aliphatic carbocycles. The molecular weight excluding hydrogens is 324 g/mol. The normalized spacial score (nSPS) is 17.6. The van der Waals surface area contributed by atoms with E-state index in [1.54, 1.807) is 24.0 Å². The third kappa shape index (κ3) is 3.00. The SMILES string of the molecule is Cc1n[nH]c(C)c1[C@H]1COCCN1C(=O)c1cccc([N+](=O)[O-])c1C. The second kappa shape index (κ2) is 6.64. The molecule has 1 aromatic heterocycles. The Morgan fingerprint density at radius 1 is 1.40 bits per heavy atom. The molecule has 0 unspecified atom stereocenters. The number of hydrogen-bond acceptors (Lipinski definition) is 5. The molecule has 1 aliphatic heterocycles. The van der Waals surface area contributed by atoms with Crippen molar-refractivity contribution in [2.24, 2.45) is 0 Å². The summed E-state index contributed by atoms with van der Waals surface area (Å²) < 4.78 is 5.58. The van der Waals surface area contributed by atoms with Crippen molar-refractivity contribution in [3.63, 3.8) is 0 Å². The fraction of sp³-hybridized carbons (Fsp3) is 0.412. The van der Waals surface area contributed by atoms with Crippen molar-refractivity contribution in [3.05, 3.63) is 56.4 Å². The van der Waals surface area contributed by atoms with Gasteiger partial charge in [0.05, 0.1) is 29.9 Å². The summed E-state index contributed by atoms with van der Waals surface area (Å²) in [4.78, 5) is 25.6. The summed E-state index contributed by atoms with van der Waals surface area (Å²) in [6.45, 7) is 6.64. The van der Waals surface area contributed by atoms with Crippen LogP contribution in [0.4, 0.5) is 5.69 Å². The first-order valence-electron chi connectivity index (χ1n) is 8.06. The number of aromatic amines is 1. The summed E-state index contributed by atoms with van der Waals surface area (Å²) in [6, 6.07) is 4.32. The third-order valence-corrected chi connectivity index (χ3v) is 4.64. The van der Waals surface area contributed by atoms with Gasteiger partial charge in [-0.2, -0.15) is 5.10 Å². The molecule has 1 fully saturated rings. The third-order valence-electron chi connectivity index (χ3n) is 4.64. The van der Waals surface area contributed by atoms with Crippen LogP contribution in [0.3, 0.4) is 0 Å². The van der Waals surface area contributed by atoms with Crippen LogP contribution in [-0.4, -0.2) is 45.7 Å². The number of H-pyrrole nitrogens is 1. The number of ether oxygens (including phenoxy) is 1. The summed E-state index contributed by atoms with van der Waals surface area (Å²) >= 11 is 0. The number of nitro groups is 1. The number of amides is 1. The Kier molecular flexibility index (Phi) is 4.54. The molecular formula is C17H20N4O4. The highest BCUT2D eigenvalue weighted by molar-refractivity contribution is 5.97. The number of morpholine rings is 1. The lowest BCUT2D eigenvalue weighted by Gasteiger charge is -2.36. The van der Waals surface area contributed by atoms with Gasteiger partial charge in [-0.05, 0) is 26.8 Å². The van der Waals surface area contributed by atoms with Gasteiger partial charge < -0.3 is 9.64 Å². The summed E-state index contributed by atoms with van der Waals surface area (Å²) in [6.07, 6.45) is 0. The van der Waals surface area contributed by atoms with Crippen molar-refractivity contribution in [2.75, 3.05) is 19.8 Å². The van der Waals surface area contributed by atoms with Gasteiger partial charge in [0.15, 0.2) is 0 Å². The van der Waals surface area contributed by atoms with E-state index in [0.717, 1.165) is 17.0 Å². The van der Waals surface area contributed by atoms with Crippen LogP contribution in [0.1, 0.15) is 38.9 Å². The first-order chi connectivity index (χ1) is 11.9. The van der Waals surface area contributed by atoms with Crippen molar-refractivity contribution < 1.29 is 14.5 Å². The van der Waals surface area contributed by atoms with E-state index >= 15 is 0 Å². The van der Waals surface area contributed by atoms with E-state index in [9.17, 15) is 14.9 Å². The number of carbonyl (C=O) groups excluding carboxylic acids is 1. The zero-order valence-electron chi connectivity index (χ0n) is 14.4. The van der Waals surface area contributed by atoms with Gasteiger partial charge in [-0.3, -0.25) is 20.0 Å². The van der Waals surface area contributed by atoms with Gasteiger partial charge in [-0.25, -0.2) is 0 Å². The van der Waals surface area contributed by atoms with Gasteiger partial charge in [-0.15, -0.1) is 0 Å². The van der Waals surface area contributed by atoms with Gasteiger partial charge in [0.25, 0.3) is 11.6 Å². The maximum Gasteiger partial charge on any atom is 0.273 e. The van der Waals surface area contributed by atoms with Crippen LogP contribution < -0.4 is 0 Å². The van der Waals surface area contributed by atoms with Crippen molar-refractivity contribution in [1.29, 1.82) is 0 Å². The van der Waals surface area contributed by atoms with E-state index < -0.39 is 4.92 Å². The highest BCUT2D eigenvalue weighted by Crippen LogP contribution is 2.31. The molecule has 8 nitrogen and oxygen atoms in total. The van der Waals surface area contributed by atoms with Crippen molar-refractivity contribution in [1.82, 2.24) is 15.1 Å². The van der Waals surface area contributed by atoms with Gasteiger partial charge in [0, 0.05) is 35.0 Å². The average Bonchev–Trinajstić information content (AvgIpc) is 2.93. The molecule has 1 N–H and O–H groups in total. The molecule has 2 heterocycles. The molecule has 132 valence electrons. The molecule has 1 atom stereocenters. The topological polar surface area (TPSA) is 101 Å². The smallest absolute Gasteiger partial charge is 0.273 e. The van der Waals surface area contributed by atoms with Crippen molar-refractivity contribution in [3.8, 4) is 0 Å². The molecule has 25 heavy (non-hydrogen) atoms. The Morgan fingerprint density at radius 3 is 2.80 bits per heavy atom. The minimum atomic E-state index is -0.465. The van der Waals surface area contributed by atoms with Gasteiger partial charge in [-0.1, -0.05) is 6.07 Å². The number of nitrogens with zero attached hydrogens (tertiary/aromatic N) is 3. The monoisotopic (exact) mass is 344 g/mol. The molecule has 1 amide bonds. The molecule has 1 saturated heterocycles. The van der Waals surface area contributed by atoms with Gasteiger partial charge >= 0.3 is 0 Å². The molecule has 1 aromatic carbocycles. The first kappa shape index (κ1) is 17.1. The fourth-order valence-corrected chi connectivity index (χ4v) is 3.34. The molecule has 0 radical (unpaired) electrons. The lowest BCUT2D eigenvalue weighted by Crippen LogP contribution is -2.44. The Balaban J connectivity index is 2.00. The maximum atomic E-state index is 13.1.